The van der Waals surface area contributed by atoms with Gasteiger partial charge in [0.05, 0.1) is 10.6 Å². The Morgan fingerprint density at radius 1 is 0.839 bits per heavy atom. The van der Waals surface area contributed by atoms with E-state index in [9.17, 15) is 8.42 Å². The average molecular weight is 457 g/mol. The van der Waals surface area contributed by atoms with E-state index >= 15 is 0 Å². The van der Waals surface area contributed by atoms with Crippen LogP contribution in [0.2, 0.25) is 5.02 Å². The Balaban J connectivity index is 1.47. The molecule has 0 spiro atoms. The van der Waals surface area contributed by atoms with Crippen LogP contribution in [0.5, 0.6) is 0 Å². The molecule has 0 saturated carbocycles. The fraction of sp³-hybridized carbons (Fsp3) is 0.304. The molecular formula is C23H25ClN4O2S. The van der Waals surface area contributed by atoms with E-state index in [2.05, 4.69) is 15.1 Å². The van der Waals surface area contributed by atoms with Gasteiger partial charge in [0.15, 0.2) is 5.82 Å². The molecule has 0 N–H and O–H groups in total. The maximum atomic E-state index is 13.3. The molecule has 3 aromatic rings. The van der Waals surface area contributed by atoms with E-state index < -0.39 is 10.0 Å². The first-order valence-corrected chi connectivity index (χ1v) is 12.0. The molecule has 31 heavy (non-hydrogen) atoms. The topological polar surface area (TPSA) is 66.4 Å². The third-order valence-electron chi connectivity index (χ3n) is 5.56. The van der Waals surface area contributed by atoms with Gasteiger partial charge in [0.1, 0.15) is 0 Å². The third-order valence-corrected chi connectivity index (χ3v) is 8.01. The summed E-state index contributed by atoms with van der Waals surface area (Å²) in [5.74, 6) is 0.748. The van der Waals surface area contributed by atoms with Crippen LogP contribution in [-0.2, 0) is 10.0 Å². The normalized spacial score (nSPS) is 15.3. The lowest BCUT2D eigenvalue weighted by atomic mass is 10.1. The molecule has 2 aromatic carbocycles. The molecule has 1 aromatic heterocycles. The molecule has 1 aliphatic heterocycles. The molecule has 8 heteroatoms. The molecule has 0 unspecified atom stereocenters. The first kappa shape index (κ1) is 21.7. The molecule has 1 aliphatic rings. The van der Waals surface area contributed by atoms with Crippen molar-refractivity contribution in [2.24, 2.45) is 0 Å². The fourth-order valence-electron chi connectivity index (χ4n) is 4.13. The van der Waals surface area contributed by atoms with Gasteiger partial charge < -0.3 is 4.90 Å². The predicted octanol–water partition coefficient (Wildman–Crippen LogP) is 4.23. The maximum absolute atomic E-state index is 13.3. The summed E-state index contributed by atoms with van der Waals surface area (Å²) in [6.07, 6.45) is 0. The first-order valence-electron chi connectivity index (χ1n) is 10.2. The van der Waals surface area contributed by atoms with Gasteiger partial charge in [0.2, 0.25) is 10.0 Å². The van der Waals surface area contributed by atoms with Gasteiger partial charge in [-0.05, 0) is 56.2 Å². The van der Waals surface area contributed by atoms with Crippen LogP contribution >= 0.6 is 11.6 Å². The van der Waals surface area contributed by atoms with Crippen LogP contribution in [0.15, 0.2) is 53.4 Å². The number of anilines is 1. The van der Waals surface area contributed by atoms with E-state index in [1.807, 2.05) is 69.3 Å². The molecule has 0 amide bonds. The minimum absolute atomic E-state index is 0.412. The van der Waals surface area contributed by atoms with Crippen molar-refractivity contribution >= 4 is 27.4 Å². The Morgan fingerprint density at radius 2 is 1.45 bits per heavy atom. The minimum Gasteiger partial charge on any atom is -0.352 e. The van der Waals surface area contributed by atoms with Gasteiger partial charge in [-0.25, -0.2) is 8.42 Å². The van der Waals surface area contributed by atoms with Gasteiger partial charge >= 0.3 is 0 Å². The average Bonchev–Trinajstić information content (AvgIpc) is 2.74. The van der Waals surface area contributed by atoms with Gasteiger partial charge in [-0.1, -0.05) is 41.4 Å². The van der Waals surface area contributed by atoms with Crippen LogP contribution < -0.4 is 4.90 Å². The van der Waals surface area contributed by atoms with Crippen molar-refractivity contribution in [3.63, 3.8) is 0 Å². The Labute approximate surface area is 188 Å². The molecule has 4 rings (SSSR count). The minimum atomic E-state index is -3.53. The zero-order chi connectivity index (χ0) is 22.2. The summed E-state index contributed by atoms with van der Waals surface area (Å²) in [4.78, 5) is 2.50. The second kappa shape index (κ2) is 8.57. The number of piperazine rings is 1. The zero-order valence-corrected chi connectivity index (χ0v) is 19.4. The van der Waals surface area contributed by atoms with E-state index in [1.165, 1.54) is 0 Å². The number of aryl methyl sites for hydroxylation is 3. The number of rotatable bonds is 4. The van der Waals surface area contributed by atoms with Crippen LogP contribution in [0.25, 0.3) is 11.3 Å². The van der Waals surface area contributed by atoms with Crippen LogP contribution in [0, 0.1) is 20.8 Å². The summed E-state index contributed by atoms with van der Waals surface area (Å²) in [7, 11) is -3.53. The monoisotopic (exact) mass is 456 g/mol. The Bertz CT molecular complexity index is 1160. The van der Waals surface area contributed by atoms with Crippen molar-refractivity contribution in [2.75, 3.05) is 31.1 Å². The van der Waals surface area contributed by atoms with Crippen molar-refractivity contribution in [2.45, 2.75) is 25.7 Å². The van der Waals surface area contributed by atoms with Gasteiger partial charge in [0, 0.05) is 36.8 Å². The molecular weight excluding hydrogens is 432 g/mol. The highest BCUT2D eigenvalue weighted by Gasteiger charge is 2.31. The van der Waals surface area contributed by atoms with Crippen LogP contribution in [0.1, 0.15) is 16.7 Å². The number of benzene rings is 2. The number of aromatic nitrogens is 2. The summed E-state index contributed by atoms with van der Waals surface area (Å²) in [6, 6.07) is 15.2. The maximum Gasteiger partial charge on any atom is 0.243 e. The first-order chi connectivity index (χ1) is 14.8. The van der Waals surface area contributed by atoms with Crippen molar-refractivity contribution in [3.05, 3.63) is 70.2 Å². The number of hydrogen-bond donors (Lipinski definition) is 0. The molecule has 0 aliphatic carbocycles. The highest BCUT2D eigenvalue weighted by Crippen LogP contribution is 2.27. The predicted molar refractivity (Wildman–Crippen MR) is 124 cm³/mol. The SMILES string of the molecule is Cc1cc(C)c(S(=O)(=O)N2CCN(c3ccc(-c4ccc(Cl)cc4)nn3)CC2)c(C)c1. The molecule has 0 bridgehead atoms. The smallest absolute Gasteiger partial charge is 0.243 e. The summed E-state index contributed by atoms with van der Waals surface area (Å²) in [5, 5.41) is 9.37. The number of nitrogens with zero attached hydrogens (tertiary/aromatic N) is 4. The van der Waals surface area contributed by atoms with Crippen molar-refractivity contribution in [3.8, 4) is 11.3 Å². The lowest BCUT2D eigenvalue weighted by molar-refractivity contribution is 0.383. The second-order valence-corrected chi connectivity index (χ2v) is 10.2. The fourth-order valence-corrected chi connectivity index (χ4v) is 6.09. The second-order valence-electron chi connectivity index (χ2n) is 7.90. The molecule has 162 valence electrons. The van der Waals surface area contributed by atoms with Crippen molar-refractivity contribution in [1.82, 2.24) is 14.5 Å². The van der Waals surface area contributed by atoms with E-state index in [0.29, 0.717) is 36.1 Å². The Morgan fingerprint density at radius 3 is 2.00 bits per heavy atom. The van der Waals surface area contributed by atoms with Gasteiger partial charge in [-0.15, -0.1) is 10.2 Å². The largest absolute Gasteiger partial charge is 0.352 e. The molecule has 2 heterocycles. The highest BCUT2D eigenvalue weighted by molar-refractivity contribution is 7.89. The summed E-state index contributed by atoms with van der Waals surface area (Å²) in [5.41, 5.74) is 4.38. The van der Waals surface area contributed by atoms with Crippen LogP contribution in [0.4, 0.5) is 5.82 Å². The lowest BCUT2D eigenvalue weighted by Gasteiger charge is -2.35. The van der Waals surface area contributed by atoms with Crippen LogP contribution in [-0.4, -0.2) is 49.1 Å². The molecule has 0 radical (unpaired) electrons. The van der Waals surface area contributed by atoms with E-state index in [1.54, 1.807) is 4.31 Å². The van der Waals surface area contributed by atoms with E-state index in [0.717, 1.165) is 33.8 Å². The van der Waals surface area contributed by atoms with Gasteiger partial charge in [-0.3, -0.25) is 0 Å². The van der Waals surface area contributed by atoms with Crippen LogP contribution in [0.3, 0.4) is 0 Å². The van der Waals surface area contributed by atoms with Crippen molar-refractivity contribution < 1.29 is 8.42 Å². The van der Waals surface area contributed by atoms with E-state index in [-0.39, 0.29) is 0 Å². The summed E-state index contributed by atoms with van der Waals surface area (Å²) >= 11 is 5.94. The lowest BCUT2D eigenvalue weighted by Crippen LogP contribution is -2.49. The highest BCUT2D eigenvalue weighted by atomic mass is 35.5. The molecule has 0 atom stereocenters. The molecule has 1 saturated heterocycles. The third kappa shape index (κ3) is 4.44. The molecule has 6 nitrogen and oxygen atoms in total. The van der Waals surface area contributed by atoms with Gasteiger partial charge in [-0.2, -0.15) is 4.31 Å². The summed E-state index contributed by atoms with van der Waals surface area (Å²) < 4.78 is 28.1. The Kier molecular flexibility index (Phi) is 6.01. The standard InChI is InChI=1S/C23H25ClN4O2S/c1-16-14-17(2)23(18(3)15-16)31(29,30)28-12-10-27(11-13-28)22-9-8-21(25-26-22)19-4-6-20(24)7-5-19/h4-9,14-15H,10-13H2,1-3H3. The molecule has 1 fully saturated rings. The zero-order valence-electron chi connectivity index (χ0n) is 17.8. The quantitative estimate of drug-likeness (QED) is 0.587. The van der Waals surface area contributed by atoms with Gasteiger partial charge in [0.25, 0.3) is 0 Å². The van der Waals surface area contributed by atoms with Crippen molar-refractivity contribution in [1.29, 1.82) is 0 Å². The number of hydrogen-bond acceptors (Lipinski definition) is 5. The van der Waals surface area contributed by atoms with E-state index in [4.69, 9.17) is 11.6 Å². The Hall–Kier alpha value is -2.48. The number of sulfonamides is 1. The summed E-state index contributed by atoms with van der Waals surface area (Å²) in [6.45, 7) is 7.66. The number of halogens is 1.